The van der Waals surface area contributed by atoms with Crippen molar-refractivity contribution < 1.29 is 4.74 Å². The van der Waals surface area contributed by atoms with Crippen molar-refractivity contribution >= 4 is 0 Å². The number of hydrogen-bond acceptors (Lipinski definition) is 4. The molecule has 1 N–H and O–H groups in total. The summed E-state index contributed by atoms with van der Waals surface area (Å²) in [5, 5.41) is 3.36. The second-order valence-corrected chi connectivity index (χ2v) is 4.66. The molecule has 0 atom stereocenters. The van der Waals surface area contributed by atoms with Gasteiger partial charge >= 0.3 is 0 Å². The molecule has 4 nitrogen and oxygen atoms in total. The Hall–Kier alpha value is -1.13. The van der Waals surface area contributed by atoms with Crippen molar-refractivity contribution in [1.29, 1.82) is 0 Å². The van der Waals surface area contributed by atoms with Gasteiger partial charge in [-0.2, -0.15) is 0 Å². The summed E-state index contributed by atoms with van der Waals surface area (Å²) in [5.74, 6) is 0.779. The lowest BCUT2D eigenvalue weighted by atomic mass is 10.2. The Labute approximate surface area is 103 Å². The zero-order valence-corrected chi connectivity index (χ0v) is 10.6. The number of ether oxygens (including phenoxy) is 1. The van der Waals surface area contributed by atoms with E-state index in [1.54, 1.807) is 6.20 Å². The van der Waals surface area contributed by atoms with Crippen LogP contribution in [-0.2, 0) is 6.54 Å². The molecule has 0 bridgehead atoms. The van der Waals surface area contributed by atoms with Crippen LogP contribution in [0.25, 0.3) is 0 Å². The molecule has 2 heterocycles. The first-order valence-corrected chi connectivity index (χ1v) is 6.29. The minimum absolute atomic E-state index is 0.173. The van der Waals surface area contributed by atoms with Crippen molar-refractivity contribution in [2.75, 3.05) is 26.2 Å². The molecule has 0 amide bonds. The van der Waals surface area contributed by atoms with Crippen LogP contribution in [0.4, 0.5) is 0 Å². The third-order valence-corrected chi connectivity index (χ3v) is 2.80. The number of aromatic nitrogens is 1. The molecular weight excluding hydrogens is 214 g/mol. The molecule has 1 aromatic heterocycles. The molecule has 1 aliphatic rings. The van der Waals surface area contributed by atoms with Crippen molar-refractivity contribution in [2.24, 2.45) is 0 Å². The highest BCUT2D eigenvalue weighted by Gasteiger charge is 2.13. The predicted molar refractivity (Wildman–Crippen MR) is 68.1 cm³/mol. The van der Waals surface area contributed by atoms with Crippen molar-refractivity contribution in [2.45, 2.75) is 26.5 Å². The molecule has 2 rings (SSSR count). The van der Waals surface area contributed by atoms with Gasteiger partial charge in [0.25, 0.3) is 0 Å². The summed E-state index contributed by atoms with van der Waals surface area (Å²) in [6.45, 7) is 9.32. The van der Waals surface area contributed by atoms with Crippen molar-refractivity contribution in [3.05, 3.63) is 23.9 Å². The van der Waals surface area contributed by atoms with Crippen molar-refractivity contribution in [1.82, 2.24) is 15.2 Å². The smallest absolute Gasteiger partial charge is 0.218 e. The van der Waals surface area contributed by atoms with Crippen LogP contribution >= 0.6 is 0 Å². The molecule has 0 radical (unpaired) electrons. The average Bonchev–Trinajstić information content (AvgIpc) is 2.32. The van der Waals surface area contributed by atoms with Crippen LogP contribution in [0, 0.1) is 0 Å². The van der Waals surface area contributed by atoms with E-state index in [0.717, 1.165) is 38.6 Å². The van der Waals surface area contributed by atoms with Gasteiger partial charge in [-0.3, -0.25) is 4.90 Å². The summed E-state index contributed by atoms with van der Waals surface area (Å²) < 4.78 is 5.73. The van der Waals surface area contributed by atoms with Gasteiger partial charge in [0.15, 0.2) is 0 Å². The summed E-state index contributed by atoms with van der Waals surface area (Å²) in [4.78, 5) is 6.75. The fourth-order valence-electron chi connectivity index (χ4n) is 1.98. The maximum absolute atomic E-state index is 5.73. The Morgan fingerprint density at radius 3 is 2.88 bits per heavy atom. The van der Waals surface area contributed by atoms with E-state index in [1.807, 2.05) is 19.9 Å². The van der Waals surface area contributed by atoms with Crippen LogP contribution in [-0.4, -0.2) is 42.2 Å². The highest BCUT2D eigenvalue weighted by molar-refractivity contribution is 5.25. The van der Waals surface area contributed by atoms with Gasteiger partial charge in [0.2, 0.25) is 5.88 Å². The first-order valence-electron chi connectivity index (χ1n) is 6.29. The standard InChI is InChI=1S/C13H21N3O/c1-11(2)17-13-12(4-3-5-15-13)10-16-8-6-14-7-9-16/h3-5,11,14H,6-10H2,1-2H3. The minimum atomic E-state index is 0.173. The Bertz CT molecular complexity index is 348. The molecular formula is C13H21N3O. The van der Waals surface area contributed by atoms with Gasteiger partial charge in [0.1, 0.15) is 0 Å². The molecule has 1 aliphatic heterocycles. The van der Waals surface area contributed by atoms with Gasteiger partial charge < -0.3 is 10.1 Å². The second kappa shape index (κ2) is 5.98. The molecule has 0 saturated carbocycles. The first kappa shape index (κ1) is 12.3. The van der Waals surface area contributed by atoms with E-state index in [4.69, 9.17) is 4.74 Å². The number of nitrogens with one attached hydrogen (secondary N) is 1. The normalized spacial score (nSPS) is 17.4. The maximum atomic E-state index is 5.73. The van der Waals surface area contributed by atoms with Crippen LogP contribution in [0.2, 0.25) is 0 Å². The molecule has 1 aromatic rings. The van der Waals surface area contributed by atoms with E-state index in [1.165, 1.54) is 5.56 Å². The zero-order valence-electron chi connectivity index (χ0n) is 10.6. The fourth-order valence-corrected chi connectivity index (χ4v) is 1.98. The Morgan fingerprint density at radius 2 is 2.18 bits per heavy atom. The van der Waals surface area contributed by atoms with Gasteiger partial charge in [-0.15, -0.1) is 0 Å². The van der Waals surface area contributed by atoms with Crippen LogP contribution in [0.15, 0.2) is 18.3 Å². The zero-order chi connectivity index (χ0) is 12.1. The lowest BCUT2D eigenvalue weighted by molar-refractivity contribution is 0.209. The Kier molecular flexibility index (Phi) is 4.34. The van der Waals surface area contributed by atoms with Gasteiger partial charge in [-0.1, -0.05) is 6.07 Å². The van der Waals surface area contributed by atoms with Crippen molar-refractivity contribution in [3.8, 4) is 5.88 Å². The number of nitrogens with zero attached hydrogens (tertiary/aromatic N) is 2. The SMILES string of the molecule is CC(C)Oc1ncccc1CN1CCNCC1. The summed E-state index contributed by atoms with van der Waals surface area (Å²) in [7, 11) is 0. The molecule has 94 valence electrons. The van der Waals surface area contributed by atoms with Crippen LogP contribution in [0.3, 0.4) is 0 Å². The lowest BCUT2D eigenvalue weighted by Crippen LogP contribution is -2.42. The van der Waals surface area contributed by atoms with Crippen LogP contribution in [0.5, 0.6) is 5.88 Å². The van der Waals surface area contributed by atoms with E-state index in [9.17, 15) is 0 Å². The summed E-state index contributed by atoms with van der Waals surface area (Å²) in [6, 6.07) is 4.08. The Balaban J connectivity index is 2.03. The van der Waals surface area contributed by atoms with Crippen molar-refractivity contribution in [3.63, 3.8) is 0 Å². The molecule has 1 saturated heterocycles. The van der Waals surface area contributed by atoms with Crippen LogP contribution in [0.1, 0.15) is 19.4 Å². The highest BCUT2D eigenvalue weighted by atomic mass is 16.5. The number of hydrogen-bond donors (Lipinski definition) is 1. The summed E-state index contributed by atoms with van der Waals surface area (Å²) >= 11 is 0. The summed E-state index contributed by atoms with van der Waals surface area (Å²) in [5.41, 5.74) is 1.18. The maximum Gasteiger partial charge on any atom is 0.218 e. The number of piperazine rings is 1. The average molecular weight is 235 g/mol. The molecule has 1 fully saturated rings. The Morgan fingerprint density at radius 1 is 1.41 bits per heavy atom. The third-order valence-electron chi connectivity index (χ3n) is 2.80. The first-order chi connectivity index (χ1) is 8.25. The van der Waals surface area contributed by atoms with E-state index in [-0.39, 0.29) is 6.10 Å². The minimum Gasteiger partial charge on any atom is -0.475 e. The van der Waals surface area contributed by atoms with Gasteiger partial charge in [0.05, 0.1) is 6.10 Å². The highest BCUT2D eigenvalue weighted by Crippen LogP contribution is 2.18. The fraction of sp³-hybridized carbons (Fsp3) is 0.615. The van der Waals surface area contributed by atoms with E-state index >= 15 is 0 Å². The predicted octanol–water partition coefficient (Wildman–Crippen LogP) is 1.27. The van der Waals surface area contributed by atoms with E-state index in [0.29, 0.717) is 0 Å². The number of rotatable bonds is 4. The molecule has 4 heteroatoms. The molecule has 0 spiro atoms. The van der Waals surface area contributed by atoms with Crippen LogP contribution < -0.4 is 10.1 Å². The van der Waals surface area contributed by atoms with E-state index in [2.05, 4.69) is 21.3 Å². The lowest BCUT2D eigenvalue weighted by Gasteiger charge is -2.27. The molecule has 0 aromatic carbocycles. The number of pyridine rings is 1. The molecule has 17 heavy (non-hydrogen) atoms. The largest absolute Gasteiger partial charge is 0.475 e. The van der Waals surface area contributed by atoms with E-state index < -0.39 is 0 Å². The third kappa shape index (κ3) is 3.68. The van der Waals surface area contributed by atoms with Gasteiger partial charge in [0, 0.05) is 44.5 Å². The summed E-state index contributed by atoms with van der Waals surface area (Å²) in [6.07, 6.45) is 1.96. The molecule has 0 aliphatic carbocycles. The van der Waals surface area contributed by atoms with Gasteiger partial charge in [-0.05, 0) is 19.9 Å². The second-order valence-electron chi connectivity index (χ2n) is 4.66. The van der Waals surface area contributed by atoms with Gasteiger partial charge in [-0.25, -0.2) is 4.98 Å². The quantitative estimate of drug-likeness (QED) is 0.853. The monoisotopic (exact) mass is 235 g/mol. The molecule has 0 unspecified atom stereocenters. The topological polar surface area (TPSA) is 37.4 Å².